The van der Waals surface area contributed by atoms with Crippen molar-refractivity contribution in [1.82, 2.24) is 10.3 Å². The zero-order chi connectivity index (χ0) is 15.3. The van der Waals surface area contributed by atoms with Gasteiger partial charge in [0.15, 0.2) is 0 Å². The van der Waals surface area contributed by atoms with E-state index < -0.39 is 0 Å². The van der Waals surface area contributed by atoms with Crippen LogP contribution in [0.15, 0.2) is 42.1 Å². The van der Waals surface area contributed by atoms with Crippen molar-refractivity contribution in [2.45, 2.75) is 51.6 Å². The second-order valence-corrected chi connectivity index (χ2v) is 7.76. The largest absolute Gasteiger partial charge is 0.361 e. The van der Waals surface area contributed by atoms with E-state index in [2.05, 4.69) is 67.6 Å². The molecule has 22 heavy (non-hydrogen) atoms. The quantitative estimate of drug-likeness (QED) is 0.788. The molecule has 2 N–H and O–H groups in total. The highest BCUT2D eigenvalue weighted by Crippen LogP contribution is 2.42. The van der Waals surface area contributed by atoms with Crippen molar-refractivity contribution in [2.24, 2.45) is 11.8 Å². The number of piperidine rings is 1. The van der Waals surface area contributed by atoms with Gasteiger partial charge in [-0.15, -0.1) is 0 Å². The smallest absolute Gasteiger partial charge is 0.0456 e. The van der Waals surface area contributed by atoms with E-state index in [0.717, 1.165) is 12.3 Å². The summed E-state index contributed by atoms with van der Waals surface area (Å²) in [5.41, 5.74) is 4.52. The van der Waals surface area contributed by atoms with E-state index in [0.29, 0.717) is 12.0 Å². The van der Waals surface area contributed by atoms with Crippen LogP contribution in [0.2, 0.25) is 0 Å². The molecule has 3 atom stereocenters. The Labute approximate surface area is 133 Å². The zero-order valence-electron chi connectivity index (χ0n) is 13.8. The molecule has 2 nitrogen and oxygen atoms in total. The Morgan fingerprint density at radius 1 is 1.23 bits per heavy atom. The number of nitrogens with one attached hydrogen (secondary N) is 2. The molecule has 1 saturated heterocycles. The fourth-order valence-electron chi connectivity index (χ4n) is 4.57. The monoisotopic (exact) mass is 294 g/mol. The molecule has 2 aromatic rings. The molecule has 0 amide bonds. The van der Waals surface area contributed by atoms with Gasteiger partial charge in [-0.2, -0.15) is 0 Å². The zero-order valence-corrected chi connectivity index (χ0v) is 13.8. The molecule has 1 fully saturated rings. The molecule has 2 aliphatic rings. The maximum absolute atomic E-state index is 3.97. The van der Waals surface area contributed by atoms with Gasteiger partial charge in [-0.3, -0.25) is 0 Å². The minimum absolute atomic E-state index is 0.241. The number of hydrogen-bond acceptors (Lipinski definition) is 1. The van der Waals surface area contributed by atoms with Gasteiger partial charge in [0.2, 0.25) is 0 Å². The summed E-state index contributed by atoms with van der Waals surface area (Å²) < 4.78 is 0. The van der Waals surface area contributed by atoms with E-state index in [1.807, 2.05) is 0 Å². The van der Waals surface area contributed by atoms with Crippen molar-refractivity contribution in [3.63, 3.8) is 0 Å². The Bertz CT molecular complexity index is 722. The van der Waals surface area contributed by atoms with Crippen LogP contribution in [0.1, 0.15) is 39.2 Å². The van der Waals surface area contributed by atoms with Gasteiger partial charge in [0.1, 0.15) is 0 Å². The van der Waals surface area contributed by atoms with Crippen LogP contribution in [0.3, 0.4) is 0 Å². The van der Waals surface area contributed by atoms with Crippen LogP contribution in [0.5, 0.6) is 0 Å². The van der Waals surface area contributed by atoms with Crippen molar-refractivity contribution in [3.05, 3.63) is 47.7 Å². The number of aromatic nitrogens is 1. The number of rotatable bonds is 2. The molecule has 0 saturated carbocycles. The number of hydrogen-bond donors (Lipinski definition) is 2. The standard InChI is InChI=1S/C20H26N2/c1-13-8-9-15-11-17(13)19(22-20(15,2)3)10-14-12-21-18-7-5-4-6-16(14)18/h4-8,12,15,17,19,21-22H,9-11H2,1-3H3. The van der Waals surface area contributed by atoms with E-state index in [4.69, 9.17) is 0 Å². The fraction of sp³-hybridized carbons (Fsp3) is 0.500. The van der Waals surface area contributed by atoms with E-state index in [9.17, 15) is 0 Å². The van der Waals surface area contributed by atoms with Gasteiger partial charge < -0.3 is 10.3 Å². The van der Waals surface area contributed by atoms with Crippen molar-refractivity contribution < 1.29 is 0 Å². The lowest BCUT2D eigenvalue weighted by Crippen LogP contribution is -2.60. The minimum atomic E-state index is 0.241. The van der Waals surface area contributed by atoms with Crippen LogP contribution >= 0.6 is 0 Å². The summed E-state index contributed by atoms with van der Waals surface area (Å²) in [6.07, 6.45) is 8.38. The van der Waals surface area contributed by atoms with Gasteiger partial charge in [-0.25, -0.2) is 0 Å². The maximum Gasteiger partial charge on any atom is 0.0456 e. The predicted octanol–water partition coefficient (Wildman–Crippen LogP) is 4.43. The normalized spacial score (nSPS) is 30.3. The first-order valence-electron chi connectivity index (χ1n) is 8.54. The number of H-pyrrole nitrogens is 1. The number of para-hydroxylation sites is 1. The van der Waals surface area contributed by atoms with Gasteiger partial charge in [0.05, 0.1) is 0 Å². The highest BCUT2D eigenvalue weighted by Gasteiger charge is 2.43. The molecule has 0 radical (unpaired) electrons. The summed E-state index contributed by atoms with van der Waals surface area (Å²) in [6.45, 7) is 7.08. The molecule has 1 aliphatic heterocycles. The molecule has 1 aromatic carbocycles. The molecular formula is C20H26N2. The van der Waals surface area contributed by atoms with Crippen molar-refractivity contribution >= 4 is 10.9 Å². The second-order valence-electron chi connectivity index (χ2n) is 7.76. The molecule has 2 bridgehead atoms. The predicted molar refractivity (Wildman–Crippen MR) is 93.0 cm³/mol. The molecule has 1 aliphatic carbocycles. The van der Waals surface area contributed by atoms with Crippen LogP contribution in [0.25, 0.3) is 10.9 Å². The summed E-state index contributed by atoms with van der Waals surface area (Å²) in [5.74, 6) is 1.47. The summed E-state index contributed by atoms with van der Waals surface area (Å²) >= 11 is 0. The van der Waals surface area contributed by atoms with Crippen LogP contribution in [0.4, 0.5) is 0 Å². The highest BCUT2D eigenvalue weighted by molar-refractivity contribution is 5.83. The summed E-state index contributed by atoms with van der Waals surface area (Å²) in [7, 11) is 0. The second kappa shape index (κ2) is 4.99. The molecule has 116 valence electrons. The number of fused-ring (bicyclic) bond motifs is 3. The van der Waals surface area contributed by atoms with Crippen LogP contribution in [-0.2, 0) is 6.42 Å². The van der Waals surface area contributed by atoms with Crippen LogP contribution < -0.4 is 5.32 Å². The number of allylic oxidation sites excluding steroid dienone is 1. The van der Waals surface area contributed by atoms with Gasteiger partial charge in [0.25, 0.3) is 0 Å². The van der Waals surface area contributed by atoms with Gasteiger partial charge in [-0.05, 0) is 63.5 Å². The average Bonchev–Trinajstić information content (AvgIpc) is 2.89. The van der Waals surface area contributed by atoms with Gasteiger partial charge >= 0.3 is 0 Å². The molecule has 1 aromatic heterocycles. The molecule has 3 unspecified atom stereocenters. The van der Waals surface area contributed by atoms with E-state index in [-0.39, 0.29) is 5.54 Å². The number of aromatic amines is 1. The Balaban J connectivity index is 1.66. The highest BCUT2D eigenvalue weighted by atomic mass is 15.0. The number of benzene rings is 1. The summed E-state index contributed by atoms with van der Waals surface area (Å²) in [4.78, 5) is 3.42. The van der Waals surface area contributed by atoms with Gasteiger partial charge in [-0.1, -0.05) is 29.8 Å². The molecule has 4 rings (SSSR count). The van der Waals surface area contributed by atoms with Crippen molar-refractivity contribution in [1.29, 1.82) is 0 Å². The molecular weight excluding hydrogens is 268 g/mol. The van der Waals surface area contributed by atoms with Gasteiger partial charge in [0, 0.05) is 28.7 Å². The van der Waals surface area contributed by atoms with Crippen LogP contribution in [-0.4, -0.2) is 16.6 Å². The third kappa shape index (κ3) is 2.21. The van der Waals surface area contributed by atoms with E-state index in [1.165, 1.54) is 29.3 Å². The third-order valence-corrected chi connectivity index (χ3v) is 6.03. The first-order chi connectivity index (χ1) is 10.5. The fourth-order valence-corrected chi connectivity index (χ4v) is 4.57. The Hall–Kier alpha value is -1.54. The topological polar surface area (TPSA) is 27.8 Å². The van der Waals surface area contributed by atoms with Crippen molar-refractivity contribution in [3.8, 4) is 0 Å². The first-order valence-corrected chi connectivity index (χ1v) is 8.54. The lowest BCUT2D eigenvalue weighted by Gasteiger charge is -2.50. The first kappa shape index (κ1) is 14.1. The third-order valence-electron chi connectivity index (χ3n) is 6.03. The average molecular weight is 294 g/mol. The molecule has 2 heteroatoms. The minimum Gasteiger partial charge on any atom is -0.361 e. The Morgan fingerprint density at radius 3 is 2.91 bits per heavy atom. The van der Waals surface area contributed by atoms with E-state index in [1.54, 1.807) is 5.57 Å². The Kier molecular flexibility index (Phi) is 3.19. The maximum atomic E-state index is 3.97. The van der Waals surface area contributed by atoms with Crippen molar-refractivity contribution in [2.75, 3.05) is 0 Å². The lowest BCUT2D eigenvalue weighted by atomic mass is 9.66. The Morgan fingerprint density at radius 2 is 2.05 bits per heavy atom. The summed E-state index contributed by atoms with van der Waals surface area (Å²) in [6, 6.07) is 9.19. The lowest BCUT2D eigenvalue weighted by molar-refractivity contribution is 0.109. The molecule has 2 heterocycles. The summed E-state index contributed by atoms with van der Waals surface area (Å²) in [5, 5.41) is 5.35. The molecule has 0 spiro atoms. The SMILES string of the molecule is CC1=CCC2CC1C(Cc1c[nH]c3ccccc13)NC2(C)C. The van der Waals surface area contributed by atoms with Crippen LogP contribution in [0, 0.1) is 11.8 Å². The van der Waals surface area contributed by atoms with E-state index >= 15 is 0 Å².